The van der Waals surface area contributed by atoms with Crippen molar-refractivity contribution in [2.75, 3.05) is 0 Å². The van der Waals surface area contributed by atoms with Crippen LogP contribution in [0, 0.1) is 5.82 Å². The average Bonchev–Trinajstić information content (AvgIpc) is 2.17. The molecule has 0 fully saturated rings. The number of benzene rings is 1. The Kier molecular flexibility index (Phi) is 3.93. The summed E-state index contributed by atoms with van der Waals surface area (Å²) in [5.41, 5.74) is 0.220. The molecule has 1 N–H and O–H groups in total. The summed E-state index contributed by atoms with van der Waals surface area (Å²) >= 11 is -1.42. The van der Waals surface area contributed by atoms with Crippen LogP contribution in [0.1, 0.15) is 26.3 Å². The second-order valence-corrected chi connectivity index (χ2v) is 6.23. The number of hydrogen-bond acceptors (Lipinski definition) is 3. The molecule has 0 heterocycles. The summed E-state index contributed by atoms with van der Waals surface area (Å²) in [6, 6.07) is 3.52. The van der Waals surface area contributed by atoms with Crippen molar-refractivity contribution < 1.29 is 14.0 Å². The fourth-order valence-electron chi connectivity index (χ4n) is 0.892. The minimum atomic E-state index is -1.42. The van der Waals surface area contributed by atoms with Crippen molar-refractivity contribution in [3.63, 3.8) is 0 Å². The summed E-state index contributed by atoms with van der Waals surface area (Å²) in [6.45, 7) is 5.35. The average molecular weight is 243 g/mol. The third kappa shape index (κ3) is 3.50. The lowest BCUT2D eigenvalue weighted by Crippen LogP contribution is -2.25. The van der Waals surface area contributed by atoms with E-state index in [2.05, 4.69) is 4.40 Å². The molecule has 0 radical (unpaired) electrons. The zero-order valence-corrected chi connectivity index (χ0v) is 10.2. The molecule has 1 aromatic rings. The van der Waals surface area contributed by atoms with Gasteiger partial charge in [-0.15, -0.1) is 0 Å². The minimum Gasteiger partial charge on any atom is -0.591 e. The highest BCUT2D eigenvalue weighted by Crippen LogP contribution is 2.19. The predicted octanol–water partition coefficient (Wildman–Crippen LogP) is 2.41. The Morgan fingerprint density at radius 2 is 2.06 bits per heavy atom. The summed E-state index contributed by atoms with van der Waals surface area (Å²) in [6.07, 6.45) is 1.22. The Bertz CT molecular complexity index is 401. The smallest absolute Gasteiger partial charge is 0.144 e. The van der Waals surface area contributed by atoms with Gasteiger partial charge in [0.15, 0.2) is 0 Å². The minimum absolute atomic E-state index is 0.0870. The van der Waals surface area contributed by atoms with Gasteiger partial charge in [0.25, 0.3) is 0 Å². The number of rotatable bonds is 2. The van der Waals surface area contributed by atoms with Gasteiger partial charge in [-0.25, -0.2) is 4.39 Å². The molecule has 3 nitrogen and oxygen atoms in total. The van der Waals surface area contributed by atoms with Crippen LogP contribution >= 0.6 is 0 Å². The SMILES string of the molecule is CC(C)(C)[S+]([O-])/N=C/c1cc(F)ccc1O. The molecule has 0 aromatic heterocycles. The van der Waals surface area contributed by atoms with Crippen molar-refractivity contribution in [2.24, 2.45) is 4.40 Å². The van der Waals surface area contributed by atoms with Crippen molar-refractivity contribution >= 4 is 17.6 Å². The van der Waals surface area contributed by atoms with Crippen molar-refractivity contribution in [3.8, 4) is 5.75 Å². The topological polar surface area (TPSA) is 55.7 Å². The summed E-state index contributed by atoms with van der Waals surface area (Å²) in [7, 11) is 0. The van der Waals surface area contributed by atoms with Crippen LogP contribution in [0.2, 0.25) is 0 Å². The molecule has 1 atom stereocenters. The van der Waals surface area contributed by atoms with E-state index in [0.29, 0.717) is 0 Å². The zero-order valence-electron chi connectivity index (χ0n) is 9.40. The predicted molar refractivity (Wildman–Crippen MR) is 63.6 cm³/mol. The number of phenolic OH excluding ortho intramolecular Hbond substituents is 1. The standard InChI is InChI=1S/C11H14FNO2S/c1-11(2,3)16(15)13-7-8-6-9(12)4-5-10(8)14/h4-7,14H,1-3H3/b13-7+. The third-order valence-electron chi connectivity index (χ3n) is 1.80. The first-order valence-electron chi connectivity index (χ1n) is 4.75. The first-order valence-corrected chi connectivity index (χ1v) is 5.86. The van der Waals surface area contributed by atoms with E-state index in [1.54, 1.807) is 20.8 Å². The largest absolute Gasteiger partial charge is 0.591 e. The van der Waals surface area contributed by atoms with Gasteiger partial charge in [-0.2, -0.15) is 0 Å². The van der Waals surface area contributed by atoms with Crippen LogP contribution in [0.3, 0.4) is 0 Å². The van der Waals surface area contributed by atoms with Crippen LogP contribution in [0.15, 0.2) is 22.6 Å². The Hall–Kier alpha value is -1.07. The molecule has 1 rings (SSSR count). The van der Waals surface area contributed by atoms with Crippen molar-refractivity contribution in [1.82, 2.24) is 0 Å². The Balaban J connectivity index is 2.88. The van der Waals surface area contributed by atoms with Crippen molar-refractivity contribution in [1.29, 1.82) is 0 Å². The molecule has 0 aliphatic heterocycles. The summed E-state index contributed by atoms with van der Waals surface area (Å²) in [5, 5.41) is 9.39. The molecule has 5 heteroatoms. The maximum atomic E-state index is 12.9. The highest BCUT2D eigenvalue weighted by atomic mass is 32.2. The maximum absolute atomic E-state index is 12.9. The van der Waals surface area contributed by atoms with Gasteiger partial charge in [0, 0.05) is 5.56 Å². The second-order valence-electron chi connectivity index (χ2n) is 4.30. The van der Waals surface area contributed by atoms with Gasteiger partial charge in [-0.1, -0.05) is 4.40 Å². The van der Waals surface area contributed by atoms with Crippen LogP contribution in [-0.4, -0.2) is 20.6 Å². The molecule has 0 saturated heterocycles. The number of halogens is 1. The number of phenols is 1. The molecule has 0 spiro atoms. The van der Waals surface area contributed by atoms with E-state index in [4.69, 9.17) is 0 Å². The Morgan fingerprint density at radius 3 is 2.62 bits per heavy atom. The molecule has 0 aliphatic carbocycles. The van der Waals surface area contributed by atoms with E-state index in [0.717, 1.165) is 12.1 Å². The van der Waals surface area contributed by atoms with E-state index >= 15 is 0 Å². The van der Waals surface area contributed by atoms with E-state index in [-0.39, 0.29) is 11.3 Å². The first-order chi connectivity index (χ1) is 7.30. The summed E-state index contributed by atoms with van der Waals surface area (Å²) < 4.78 is 27.7. The molecule has 88 valence electrons. The first kappa shape index (κ1) is 13.0. The van der Waals surface area contributed by atoms with Crippen LogP contribution in [0.5, 0.6) is 5.75 Å². The Morgan fingerprint density at radius 1 is 1.44 bits per heavy atom. The molecule has 0 saturated carbocycles. The lowest BCUT2D eigenvalue weighted by Gasteiger charge is -2.17. The maximum Gasteiger partial charge on any atom is 0.144 e. The van der Waals surface area contributed by atoms with Crippen LogP contribution in [-0.2, 0) is 11.4 Å². The molecular formula is C11H14FNO2S. The van der Waals surface area contributed by atoms with E-state index in [1.807, 2.05) is 0 Å². The quantitative estimate of drug-likeness (QED) is 0.640. The van der Waals surface area contributed by atoms with Crippen LogP contribution in [0.4, 0.5) is 4.39 Å². The van der Waals surface area contributed by atoms with Gasteiger partial charge in [-0.05, 0) is 39.0 Å². The lowest BCUT2D eigenvalue weighted by molar-refractivity contribution is 0.472. The van der Waals surface area contributed by atoms with Crippen molar-refractivity contribution in [3.05, 3.63) is 29.6 Å². The van der Waals surface area contributed by atoms with E-state index in [1.165, 1.54) is 12.3 Å². The van der Waals surface area contributed by atoms with Gasteiger partial charge in [-0.3, -0.25) is 0 Å². The fourth-order valence-corrected chi connectivity index (χ4v) is 1.42. The number of hydrogen-bond donors (Lipinski definition) is 1. The molecular weight excluding hydrogens is 229 g/mol. The Labute approximate surface area is 97.3 Å². The van der Waals surface area contributed by atoms with Gasteiger partial charge in [0.2, 0.25) is 0 Å². The lowest BCUT2D eigenvalue weighted by atomic mass is 10.2. The molecule has 16 heavy (non-hydrogen) atoms. The summed E-state index contributed by atoms with van der Waals surface area (Å²) in [5.74, 6) is -0.558. The number of nitrogens with zero attached hydrogens (tertiary/aromatic N) is 1. The summed E-state index contributed by atoms with van der Waals surface area (Å²) in [4.78, 5) is 0. The van der Waals surface area contributed by atoms with Gasteiger partial charge < -0.3 is 9.66 Å². The highest BCUT2D eigenvalue weighted by molar-refractivity contribution is 7.91. The molecule has 1 aromatic carbocycles. The molecule has 0 aliphatic rings. The van der Waals surface area contributed by atoms with E-state index in [9.17, 15) is 14.0 Å². The van der Waals surface area contributed by atoms with Crippen LogP contribution < -0.4 is 0 Å². The third-order valence-corrected chi connectivity index (χ3v) is 3.15. The van der Waals surface area contributed by atoms with E-state index < -0.39 is 21.9 Å². The number of aromatic hydroxyl groups is 1. The molecule has 0 bridgehead atoms. The monoisotopic (exact) mass is 243 g/mol. The molecule has 0 amide bonds. The molecule has 1 unspecified atom stereocenters. The fraction of sp³-hybridized carbons (Fsp3) is 0.364. The second kappa shape index (κ2) is 4.84. The van der Waals surface area contributed by atoms with Gasteiger partial charge in [0.05, 0.1) is 6.21 Å². The highest BCUT2D eigenvalue weighted by Gasteiger charge is 2.25. The zero-order chi connectivity index (χ0) is 12.3. The van der Waals surface area contributed by atoms with Crippen molar-refractivity contribution in [2.45, 2.75) is 25.5 Å². The van der Waals surface area contributed by atoms with Gasteiger partial charge >= 0.3 is 0 Å². The van der Waals surface area contributed by atoms with Crippen LogP contribution in [0.25, 0.3) is 0 Å². The van der Waals surface area contributed by atoms with Gasteiger partial charge in [0.1, 0.15) is 27.7 Å². The normalized spacial score (nSPS) is 14.3.